The Bertz CT molecular complexity index is 478. The molecule has 1 aromatic carbocycles. The largest absolute Gasteiger partial charge is 0.396 e. The molecule has 0 aromatic heterocycles. The first-order valence-electron chi connectivity index (χ1n) is 6.05. The van der Waals surface area contributed by atoms with Gasteiger partial charge >= 0.3 is 0 Å². The van der Waals surface area contributed by atoms with E-state index in [1.807, 2.05) is 0 Å². The fourth-order valence-electron chi connectivity index (χ4n) is 2.17. The Morgan fingerprint density at radius 1 is 1.26 bits per heavy atom. The van der Waals surface area contributed by atoms with Crippen molar-refractivity contribution in [2.24, 2.45) is 0 Å². The van der Waals surface area contributed by atoms with Gasteiger partial charge in [0.1, 0.15) is 17.5 Å². The molecule has 6 heteroatoms. The van der Waals surface area contributed by atoms with Crippen LogP contribution in [-0.4, -0.2) is 24.2 Å². The highest BCUT2D eigenvalue weighted by atomic mass is 19.1. The van der Waals surface area contributed by atoms with Crippen LogP contribution in [0.5, 0.6) is 0 Å². The van der Waals surface area contributed by atoms with Crippen LogP contribution in [0.15, 0.2) is 12.1 Å². The molecule has 0 unspecified atom stereocenters. The monoisotopic (exact) mass is 273 g/mol. The molecule has 2 N–H and O–H groups in total. The molecule has 0 heterocycles. The number of aliphatic hydroxyl groups is 1. The summed E-state index contributed by atoms with van der Waals surface area (Å²) in [5, 5.41) is 11.1. The molecule has 1 amide bonds. The molecule has 2 rings (SSSR count). The normalized spacial score (nSPS) is 16.2. The van der Waals surface area contributed by atoms with Gasteiger partial charge in [-0.25, -0.2) is 13.2 Å². The summed E-state index contributed by atoms with van der Waals surface area (Å²) in [5.41, 5.74) is -1.59. The summed E-state index contributed by atoms with van der Waals surface area (Å²) in [6.07, 6.45) is 1.03. The Kier molecular flexibility index (Phi) is 3.80. The number of carbonyl (C=O) groups is 1. The average molecular weight is 273 g/mol. The molecule has 1 aliphatic carbocycles. The number of halogens is 3. The molecule has 1 fully saturated rings. The third-order valence-electron chi connectivity index (χ3n) is 3.29. The van der Waals surface area contributed by atoms with Crippen LogP contribution in [0.2, 0.25) is 0 Å². The number of benzene rings is 1. The van der Waals surface area contributed by atoms with E-state index in [0.29, 0.717) is 31.4 Å². The van der Waals surface area contributed by atoms with Crippen molar-refractivity contribution < 1.29 is 23.1 Å². The fourth-order valence-corrected chi connectivity index (χ4v) is 2.17. The lowest BCUT2D eigenvalue weighted by Gasteiger charge is -2.17. The van der Waals surface area contributed by atoms with E-state index in [1.165, 1.54) is 0 Å². The van der Waals surface area contributed by atoms with Crippen molar-refractivity contribution in [3.05, 3.63) is 35.1 Å². The Morgan fingerprint density at radius 3 is 2.32 bits per heavy atom. The minimum absolute atomic E-state index is 0.0768. The molecule has 0 atom stereocenters. The molecule has 104 valence electrons. The predicted octanol–water partition coefficient (Wildman–Crippen LogP) is 1.63. The van der Waals surface area contributed by atoms with Crippen molar-refractivity contribution in [3.8, 4) is 0 Å². The summed E-state index contributed by atoms with van der Waals surface area (Å²) in [7, 11) is 0. The number of amides is 1. The second kappa shape index (κ2) is 5.21. The van der Waals surface area contributed by atoms with Gasteiger partial charge in [0.2, 0.25) is 5.91 Å². The average Bonchev–Trinajstić information content (AvgIpc) is 3.09. The standard InChI is InChI=1S/C13H14F3NO2/c14-8-6-9(15)11(10(16)7-8)13(2-3-13)12(19)17-4-1-5-18/h6-7,18H,1-5H2,(H,17,19). The summed E-state index contributed by atoms with van der Waals surface area (Å²) in [6.45, 7) is 0.161. The van der Waals surface area contributed by atoms with E-state index < -0.39 is 28.8 Å². The number of nitrogens with one attached hydrogen (secondary N) is 1. The van der Waals surface area contributed by atoms with Crippen LogP contribution in [0.1, 0.15) is 24.8 Å². The molecule has 3 nitrogen and oxygen atoms in total. The molecular formula is C13H14F3NO2. The summed E-state index contributed by atoms with van der Waals surface area (Å²) >= 11 is 0. The van der Waals surface area contributed by atoms with Crippen molar-refractivity contribution in [2.75, 3.05) is 13.2 Å². The summed E-state index contributed by atoms with van der Waals surface area (Å²) in [5.74, 6) is -3.56. The van der Waals surface area contributed by atoms with Crippen LogP contribution in [0.4, 0.5) is 13.2 Å². The molecule has 0 spiro atoms. The van der Waals surface area contributed by atoms with E-state index in [0.717, 1.165) is 0 Å². The molecule has 1 aromatic rings. The van der Waals surface area contributed by atoms with Crippen LogP contribution in [0.3, 0.4) is 0 Å². The minimum Gasteiger partial charge on any atom is -0.396 e. The summed E-state index contributed by atoms with van der Waals surface area (Å²) in [6, 6.07) is 1.17. The van der Waals surface area contributed by atoms with Crippen molar-refractivity contribution in [2.45, 2.75) is 24.7 Å². The maximum absolute atomic E-state index is 13.7. The van der Waals surface area contributed by atoms with Crippen LogP contribution in [0, 0.1) is 17.5 Å². The van der Waals surface area contributed by atoms with Gasteiger partial charge in [0.25, 0.3) is 0 Å². The second-order valence-corrected chi connectivity index (χ2v) is 4.66. The first kappa shape index (κ1) is 13.9. The lowest BCUT2D eigenvalue weighted by Crippen LogP contribution is -2.36. The molecule has 1 aliphatic rings. The Labute approximate surface area is 108 Å². The fraction of sp³-hybridized carbons (Fsp3) is 0.462. The van der Waals surface area contributed by atoms with E-state index in [9.17, 15) is 18.0 Å². The molecule has 1 saturated carbocycles. The molecule has 0 radical (unpaired) electrons. The highest BCUT2D eigenvalue weighted by Gasteiger charge is 2.54. The zero-order chi connectivity index (χ0) is 14.0. The third-order valence-corrected chi connectivity index (χ3v) is 3.29. The van der Waals surface area contributed by atoms with Crippen LogP contribution >= 0.6 is 0 Å². The number of carbonyl (C=O) groups excluding carboxylic acids is 1. The highest BCUT2D eigenvalue weighted by molar-refractivity contribution is 5.91. The van der Waals surface area contributed by atoms with Gasteiger partial charge in [0, 0.05) is 30.8 Å². The van der Waals surface area contributed by atoms with E-state index in [4.69, 9.17) is 5.11 Å². The van der Waals surface area contributed by atoms with Gasteiger partial charge in [-0.3, -0.25) is 4.79 Å². The van der Waals surface area contributed by atoms with Crippen LogP contribution < -0.4 is 5.32 Å². The number of rotatable bonds is 5. The second-order valence-electron chi connectivity index (χ2n) is 4.66. The zero-order valence-corrected chi connectivity index (χ0v) is 10.2. The third kappa shape index (κ3) is 2.58. The van der Waals surface area contributed by atoms with Gasteiger partial charge in [-0.2, -0.15) is 0 Å². The van der Waals surface area contributed by atoms with Crippen molar-refractivity contribution >= 4 is 5.91 Å². The first-order chi connectivity index (χ1) is 9.01. The van der Waals surface area contributed by atoms with E-state index >= 15 is 0 Å². The maximum Gasteiger partial charge on any atom is 0.230 e. The lowest BCUT2D eigenvalue weighted by atomic mass is 9.93. The van der Waals surface area contributed by atoms with Gasteiger partial charge < -0.3 is 10.4 Å². The van der Waals surface area contributed by atoms with Crippen molar-refractivity contribution in [3.63, 3.8) is 0 Å². The predicted molar refractivity (Wildman–Crippen MR) is 61.9 cm³/mol. The van der Waals surface area contributed by atoms with E-state index in [-0.39, 0.29) is 18.7 Å². The number of hydrogen-bond donors (Lipinski definition) is 2. The Hall–Kier alpha value is -1.56. The van der Waals surface area contributed by atoms with Crippen molar-refractivity contribution in [1.29, 1.82) is 0 Å². The molecular weight excluding hydrogens is 259 g/mol. The topological polar surface area (TPSA) is 49.3 Å². The van der Waals surface area contributed by atoms with Crippen LogP contribution in [-0.2, 0) is 10.2 Å². The summed E-state index contributed by atoms with van der Waals surface area (Å²) < 4.78 is 40.2. The quantitative estimate of drug-likeness (QED) is 0.801. The smallest absolute Gasteiger partial charge is 0.230 e. The van der Waals surface area contributed by atoms with E-state index in [2.05, 4.69) is 5.32 Å². The summed E-state index contributed by atoms with van der Waals surface area (Å²) in [4.78, 5) is 12.0. The van der Waals surface area contributed by atoms with Gasteiger partial charge in [0.05, 0.1) is 5.41 Å². The van der Waals surface area contributed by atoms with Gasteiger partial charge in [0.15, 0.2) is 0 Å². The Balaban J connectivity index is 2.23. The number of aliphatic hydroxyl groups excluding tert-OH is 1. The molecule has 0 bridgehead atoms. The molecule has 0 saturated heterocycles. The highest BCUT2D eigenvalue weighted by Crippen LogP contribution is 2.50. The van der Waals surface area contributed by atoms with Gasteiger partial charge in [-0.1, -0.05) is 0 Å². The minimum atomic E-state index is -1.22. The maximum atomic E-state index is 13.7. The number of hydrogen-bond acceptors (Lipinski definition) is 2. The zero-order valence-electron chi connectivity index (χ0n) is 10.2. The Morgan fingerprint density at radius 2 is 1.84 bits per heavy atom. The molecule has 19 heavy (non-hydrogen) atoms. The first-order valence-corrected chi connectivity index (χ1v) is 6.05. The van der Waals surface area contributed by atoms with Crippen LogP contribution in [0.25, 0.3) is 0 Å². The SMILES string of the molecule is O=C(NCCCO)C1(c2c(F)cc(F)cc2F)CC1. The molecule has 0 aliphatic heterocycles. The van der Waals surface area contributed by atoms with E-state index in [1.54, 1.807) is 0 Å². The van der Waals surface area contributed by atoms with Crippen molar-refractivity contribution in [1.82, 2.24) is 5.32 Å². The van der Waals surface area contributed by atoms with Gasteiger partial charge in [-0.15, -0.1) is 0 Å². The lowest BCUT2D eigenvalue weighted by molar-refractivity contribution is -0.123. The van der Waals surface area contributed by atoms with Gasteiger partial charge in [-0.05, 0) is 19.3 Å².